The number of allylic oxidation sites excluding steroid dienone is 1. The summed E-state index contributed by atoms with van der Waals surface area (Å²) < 4.78 is 11.0. The van der Waals surface area contributed by atoms with E-state index in [1.807, 2.05) is 41.7 Å². The maximum Gasteiger partial charge on any atom is 0.185 e. The second-order valence-electron chi connectivity index (χ2n) is 10.5. The molecule has 0 saturated heterocycles. The Balaban J connectivity index is 1.42. The summed E-state index contributed by atoms with van der Waals surface area (Å²) in [5.74, 6) is 0. The zero-order valence-corrected chi connectivity index (χ0v) is 22.7. The van der Waals surface area contributed by atoms with Gasteiger partial charge in [-0.25, -0.2) is 0 Å². The van der Waals surface area contributed by atoms with Crippen LogP contribution in [0.15, 0.2) is 95.4 Å². The maximum atomic E-state index is 10.4. The van der Waals surface area contributed by atoms with E-state index in [1.54, 1.807) is 0 Å². The quantitative estimate of drug-likeness (QED) is 0.219. The average Bonchev–Trinajstić information content (AvgIpc) is 3.70. The fraction of sp³-hybridized carbons (Fsp3) is 0.0541. The Morgan fingerprint density at radius 1 is 0.829 bits per heavy atom. The lowest BCUT2D eigenvalue weighted by molar-refractivity contribution is 0.669. The van der Waals surface area contributed by atoms with Gasteiger partial charge in [-0.3, -0.25) is 0 Å². The summed E-state index contributed by atoms with van der Waals surface area (Å²) >= 11 is 1.84. The Labute approximate surface area is 239 Å². The summed E-state index contributed by atoms with van der Waals surface area (Å²) in [6.45, 7) is 0. The van der Waals surface area contributed by atoms with Gasteiger partial charge >= 0.3 is 0 Å². The van der Waals surface area contributed by atoms with Gasteiger partial charge in [0.1, 0.15) is 5.58 Å². The third-order valence-corrected chi connectivity index (χ3v) is 9.55. The number of nitriles is 1. The van der Waals surface area contributed by atoms with Crippen LogP contribution in [0.25, 0.3) is 75.9 Å². The Bertz CT molecular complexity index is 2440. The molecule has 0 atom stereocenters. The molecule has 5 aromatic carbocycles. The highest BCUT2D eigenvalue weighted by Crippen LogP contribution is 2.45. The number of fused-ring (bicyclic) bond motifs is 10. The Hall–Kier alpha value is -5.29. The van der Waals surface area contributed by atoms with E-state index in [4.69, 9.17) is 4.42 Å². The van der Waals surface area contributed by atoms with Crippen LogP contribution in [-0.2, 0) is 6.42 Å². The van der Waals surface area contributed by atoms with E-state index in [0.29, 0.717) is 11.1 Å². The summed E-state index contributed by atoms with van der Waals surface area (Å²) in [5, 5.41) is 16.2. The van der Waals surface area contributed by atoms with Crippen molar-refractivity contribution in [1.82, 2.24) is 4.57 Å². The molecule has 4 heteroatoms. The van der Waals surface area contributed by atoms with Crippen molar-refractivity contribution in [2.24, 2.45) is 0 Å². The van der Waals surface area contributed by atoms with Crippen LogP contribution < -0.4 is 0 Å². The van der Waals surface area contributed by atoms with Crippen molar-refractivity contribution in [3.05, 3.63) is 120 Å². The molecule has 8 aromatic rings. The monoisotopic (exact) mass is 540 g/mol. The van der Waals surface area contributed by atoms with Gasteiger partial charge < -0.3 is 8.98 Å². The van der Waals surface area contributed by atoms with Crippen LogP contribution >= 0.6 is 11.3 Å². The number of thiophene rings is 1. The SMILES string of the molecule is N#Cc1cccc(-n2c3c(c4ccc5c6ccccc6sc5c42)C=CCC3)c1-c1c#cc2oc3ccccc3c2c1. The third kappa shape index (κ3) is 3.09. The number of rotatable bonds is 2. The molecular formula is C37H20N2OS. The van der Waals surface area contributed by atoms with Crippen molar-refractivity contribution in [2.75, 3.05) is 0 Å². The lowest BCUT2D eigenvalue weighted by Gasteiger charge is -2.18. The molecular weight excluding hydrogens is 520 g/mol. The zero-order valence-electron chi connectivity index (χ0n) is 21.9. The number of hydrogen-bond donors (Lipinski definition) is 0. The van der Waals surface area contributed by atoms with Gasteiger partial charge in [-0.2, -0.15) is 5.26 Å². The van der Waals surface area contributed by atoms with Gasteiger partial charge in [0.05, 0.1) is 27.5 Å². The van der Waals surface area contributed by atoms with E-state index < -0.39 is 0 Å². The van der Waals surface area contributed by atoms with Crippen molar-refractivity contribution in [3.63, 3.8) is 0 Å². The van der Waals surface area contributed by atoms with Gasteiger partial charge in [-0.1, -0.05) is 72.8 Å². The molecule has 3 aromatic heterocycles. The van der Waals surface area contributed by atoms with Crippen LogP contribution in [0.3, 0.4) is 0 Å². The molecule has 0 bridgehead atoms. The molecule has 3 nitrogen and oxygen atoms in total. The number of benzene rings is 4. The summed E-state index contributed by atoms with van der Waals surface area (Å²) in [5.41, 5.74) is 8.56. The largest absolute Gasteiger partial charge is 0.447 e. The highest BCUT2D eigenvalue weighted by atomic mass is 32.1. The second-order valence-corrected chi connectivity index (χ2v) is 11.6. The molecule has 0 unspecified atom stereocenters. The Morgan fingerprint density at radius 2 is 1.68 bits per heavy atom. The van der Waals surface area contributed by atoms with Gasteiger partial charge in [-0.05, 0) is 49.2 Å². The molecule has 41 heavy (non-hydrogen) atoms. The molecule has 0 saturated carbocycles. The summed E-state index contributed by atoms with van der Waals surface area (Å²) in [4.78, 5) is 0. The Kier molecular flexibility index (Phi) is 4.59. The van der Waals surface area contributed by atoms with Gasteiger partial charge in [0.2, 0.25) is 0 Å². The minimum Gasteiger partial charge on any atom is -0.447 e. The predicted molar refractivity (Wildman–Crippen MR) is 169 cm³/mol. The highest BCUT2D eigenvalue weighted by molar-refractivity contribution is 7.26. The molecule has 0 aliphatic heterocycles. The minimum atomic E-state index is 0.616. The molecule has 0 radical (unpaired) electrons. The van der Waals surface area contributed by atoms with E-state index in [-0.39, 0.29) is 0 Å². The van der Waals surface area contributed by atoms with Crippen LogP contribution in [0.5, 0.6) is 0 Å². The first-order chi connectivity index (χ1) is 20.3. The molecule has 0 spiro atoms. The van der Waals surface area contributed by atoms with Gasteiger partial charge in [-0.15, -0.1) is 11.3 Å². The number of para-hydroxylation sites is 1. The summed E-state index contributed by atoms with van der Waals surface area (Å²) in [6, 6.07) is 38.5. The number of aromatic nitrogens is 1. The minimum absolute atomic E-state index is 0.616. The fourth-order valence-electron chi connectivity index (χ4n) is 6.59. The molecule has 3 heterocycles. The Morgan fingerprint density at radius 3 is 2.61 bits per heavy atom. The topological polar surface area (TPSA) is 41.9 Å². The van der Waals surface area contributed by atoms with E-state index in [0.717, 1.165) is 46.0 Å². The highest BCUT2D eigenvalue weighted by Gasteiger charge is 2.25. The van der Waals surface area contributed by atoms with Crippen molar-refractivity contribution >= 4 is 70.4 Å². The van der Waals surface area contributed by atoms with Crippen LogP contribution in [0.2, 0.25) is 0 Å². The first-order valence-corrected chi connectivity index (χ1v) is 14.5. The molecule has 1 aliphatic carbocycles. The first-order valence-electron chi connectivity index (χ1n) is 13.7. The van der Waals surface area contributed by atoms with E-state index >= 15 is 0 Å². The molecule has 0 fully saturated rings. The van der Waals surface area contributed by atoms with Gasteiger partial charge in [0.15, 0.2) is 5.58 Å². The molecule has 190 valence electrons. The predicted octanol–water partition coefficient (Wildman–Crippen LogP) is 10.00. The zero-order chi connectivity index (χ0) is 27.1. The first kappa shape index (κ1) is 22.5. The smallest absolute Gasteiger partial charge is 0.185 e. The van der Waals surface area contributed by atoms with E-state index in [2.05, 4.69) is 89.5 Å². The van der Waals surface area contributed by atoms with Crippen molar-refractivity contribution < 1.29 is 4.42 Å². The standard InChI is InChI=1S/C37H20N2OS/c38-21-23-8-7-13-31(35(23)22-16-19-33-29(20-22)25-10-2-5-14-32(25)40-33)39-30-12-4-1-9-24(30)27-17-18-28-26-11-3-6-15-34(26)41-37(28)36(27)39/h1-3,5-11,13-15,17-18,20H,4,12H2. The fourth-order valence-corrected chi connectivity index (χ4v) is 7.83. The molecule has 0 amide bonds. The molecule has 0 N–H and O–H groups in total. The van der Waals surface area contributed by atoms with Crippen LogP contribution in [0, 0.1) is 23.5 Å². The van der Waals surface area contributed by atoms with Crippen LogP contribution in [-0.4, -0.2) is 4.57 Å². The van der Waals surface area contributed by atoms with Gasteiger partial charge in [0, 0.05) is 54.0 Å². The maximum absolute atomic E-state index is 10.4. The number of nitrogens with zero attached hydrogens (tertiary/aromatic N) is 2. The molecule has 1 aliphatic rings. The summed E-state index contributed by atoms with van der Waals surface area (Å²) in [7, 11) is 0. The number of hydrogen-bond acceptors (Lipinski definition) is 3. The van der Waals surface area contributed by atoms with Crippen molar-refractivity contribution in [2.45, 2.75) is 12.8 Å². The van der Waals surface area contributed by atoms with Crippen molar-refractivity contribution in [3.8, 4) is 22.9 Å². The lowest BCUT2D eigenvalue weighted by Crippen LogP contribution is -2.05. The van der Waals surface area contributed by atoms with E-state index in [9.17, 15) is 5.26 Å². The van der Waals surface area contributed by atoms with E-state index in [1.165, 1.54) is 42.3 Å². The second kappa shape index (κ2) is 8.35. The third-order valence-electron chi connectivity index (χ3n) is 8.35. The van der Waals surface area contributed by atoms with Crippen LogP contribution in [0.1, 0.15) is 23.2 Å². The van der Waals surface area contributed by atoms with Crippen molar-refractivity contribution in [1.29, 1.82) is 5.26 Å². The normalized spacial score (nSPS) is 12.9. The van der Waals surface area contributed by atoms with Gasteiger partial charge in [0.25, 0.3) is 0 Å². The molecule has 9 rings (SSSR count). The summed E-state index contributed by atoms with van der Waals surface area (Å²) in [6.07, 6.45) is 6.46. The van der Waals surface area contributed by atoms with Crippen LogP contribution in [0.4, 0.5) is 0 Å². The number of furan rings is 1. The lowest BCUT2D eigenvalue weighted by atomic mass is 9.97. The average molecular weight is 541 g/mol.